The Hall–Kier alpha value is -1.72. The molecule has 1 aromatic carbocycles. The molecule has 2 aromatic rings. The van der Waals surface area contributed by atoms with Gasteiger partial charge in [-0.2, -0.15) is 0 Å². The zero-order chi connectivity index (χ0) is 15.2. The standard InChI is InChI=1S/C16H18BrN3O/c1-20(2)11-13-7-4-3-6-12(13)10-19-16(21)14-8-5-9-18-15(14)17/h3-9H,10-11H2,1-2H3,(H,19,21). The van der Waals surface area contributed by atoms with E-state index in [9.17, 15) is 4.79 Å². The van der Waals surface area contributed by atoms with Crippen molar-refractivity contribution in [2.45, 2.75) is 13.1 Å². The van der Waals surface area contributed by atoms with Gasteiger partial charge in [0.1, 0.15) is 4.60 Å². The van der Waals surface area contributed by atoms with Crippen molar-refractivity contribution in [3.05, 3.63) is 63.9 Å². The van der Waals surface area contributed by atoms with E-state index in [2.05, 4.69) is 37.2 Å². The number of aromatic nitrogens is 1. The predicted octanol–water partition coefficient (Wildman–Crippen LogP) is 2.84. The molecular formula is C16H18BrN3O. The molecule has 5 heteroatoms. The molecule has 0 saturated carbocycles. The Bertz CT molecular complexity index is 628. The second-order valence-corrected chi connectivity index (χ2v) is 5.78. The van der Waals surface area contributed by atoms with E-state index >= 15 is 0 Å². The summed E-state index contributed by atoms with van der Waals surface area (Å²) < 4.78 is 0.559. The molecule has 1 heterocycles. The number of benzene rings is 1. The lowest BCUT2D eigenvalue weighted by molar-refractivity contribution is 0.0949. The number of pyridine rings is 1. The number of amides is 1. The zero-order valence-electron chi connectivity index (χ0n) is 12.1. The van der Waals surface area contributed by atoms with Crippen LogP contribution in [0.1, 0.15) is 21.5 Å². The van der Waals surface area contributed by atoms with Gasteiger partial charge in [0.2, 0.25) is 0 Å². The van der Waals surface area contributed by atoms with E-state index in [1.165, 1.54) is 5.56 Å². The summed E-state index contributed by atoms with van der Waals surface area (Å²) in [5.41, 5.74) is 2.88. The van der Waals surface area contributed by atoms with Gasteiger partial charge in [-0.3, -0.25) is 4.79 Å². The summed E-state index contributed by atoms with van der Waals surface area (Å²) >= 11 is 3.29. The Balaban J connectivity index is 2.07. The van der Waals surface area contributed by atoms with E-state index in [4.69, 9.17) is 0 Å². The summed E-state index contributed by atoms with van der Waals surface area (Å²) in [6.07, 6.45) is 1.65. The van der Waals surface area contributed by atoms with E-state index in [0.29, 0.717) is 16.7 Å². The number of nitrogens with zero attached hydrogens (tertiary/aromatic N) is 2. The molecule has 110 valence electrons. The van der Waals surface area contributed by atoms with Gasteiger partial charge in [0, 0.05) is 19.3 Å². The molecule has 0 aliphatic heterocycles. The smallest absolute Gasteiger partial charge is 0.254 e. The molecule has 0 saturated heterocycles. The lowest BCUT2D eigenvalue weighted by Crippen LogP contribution is -2.24. The normalized spacial score (nSPS) is 10.7. The van der Waals surface area contributed by atoms with Crippen LogP contribution in [0.4, 0.5) is 0 Å². The minimum Gasteiger partial charge on any atom is -0.348 e. The number of carbonyl (C=O) groups excluding carboxylic acids is 1. The summed E-state index contributed by atoms with van der Waals surface area (Å²) in [4.78, 5) is 18.4. The quantitative estimate of drug-likeness (QED) is 0.846. The van der Waals surface area contributed by atoms with Crippen LogP contribution in [0.5, 0.6) is 0 Å². The lowest BCUT2D eigenvalue weighted by atomic mass is 10.1. The van der Waals surface area contributed by atoms with Gasteiger partial charge < -0.3 is 10.2 Å². The Labute approximate surface area is 133 Å². The van der Waals surface area contributed by atoms with Crippen LogP contribution in [0.25, 0.3) is 0 Å². The highest BCUT2D eigenvalue weighted by Crippen LogP contribution is 2.14. The maximum atomic E-state index is 12.2. The molecule has 0 aliphatic carbocycles. The van der Waals surface area contributed by atoms with Crippen molar-refractivity contribution in [1.82, 2.24) is 15.2 Å². The molecular weight excluding hydrogens is 330 g/mol. The van der Waals surface area contributed by atoms with Gasteiger partial charge in [-0.25, -0.2) is 4.98 Å². The number of hydrogen-bond acceptors (Lipinski definition) is 3. The van der Waals surface area contributed by atoms with Crippen LogP contribution < -0.4 is 5.32 Å². The molecule has 1 N–H and O–H groups in total. The largest absolute Gasteiger partial charge is 0.348 e. The molecule has 1 aromatic heterocycles. The highest BCUT2D eigenvalue weighted by molar-refractivity contribution is 9.10. The third-order valence-corrected chi connectivity index (χ3v) is 3.68. The molecule has 1 amide bonds. The van der Waals surface area contributed by atoms with Crippen molar-refractivity contribution in [3.8, 4) is 0 Å². The first-order chi connectivity index (χ1) is 10.1. The maximum Gasteiger partial charge on any atom is 0.254 e. The fraction of sp³-hybridized carbons (Fsp3) is 0.250. The summed E-state index contributed by atoms with van der Waals surface area (Å²) in [7, 11) is 4.06. The number of halogens is 1. The topological polar surface area (TPSA) is 45.2 Å². The number of nitrogens with one attached hydrogen (secondary N) is 1. The molecule has 0 radical (unpaired) electrons. The monoisotopic (exact) mass is 347 g/mol. The molecule has 0 spiro atoms. The first kappa shape index (κ1) is 15.7. The van der Waals surface area contributed by atoms with E-state index in [-0.39, 0.29) is 5.91 Å². The number of rotatable bonds is 5. The predicted molar refractivity (Wildman–Crippen MR) is 86.9 cm³/mol. The molecule has 0 atom stereocenters. The second-order valence-electron chi connectivity index (χ2n) is 5.03. The summed E-state index contributed by atoms with van der Waals surface area (Å²) in [5.74, 6) is -0.130. The Morgan fingerprint density at radius 2 is 1.90 bits per heavy atom. The van der Waals surface area contributed by atoms with Crippen LogP contribution in [0, 0.1) is 0 Å². The highest BCUT2D eigenvalue weighted by Gasteiger charge is 2.11. The third-order valence-electron chi connectivity index (χ3n) is 3.05. The summed E-state index contributed by atoms with van der Waals surface area (Å²) in [6, 6.07) is 11.6. The molecule has 0 fully saturated rings. The summed E-state index contributed by atoms with van der Waals surface area (Å²) in [5, 5.41) is 2.94. The van der Waals surface area contributed by atoms with Crippen molar-refractivity contribution in [1.29, 1.82) is 0 Å². The van der Waals surface area contributed by atoms with Crippen LogP contribution in [0.15, 0.2) is 47.2 Å². The van der Waals surface area contributed by atoms with Crippen LogP contribution in [0.3, 0.4) is 0 Å². The van der Waals surface area contributed by atoms with Gasteiger partial charge in [0.15, 0.2) is 0 Å². The van der Waals surface area contributed by atoms with E-state index in [1.54, 1.807) is 18.3 Å². The van der Waals surface area contributed by atoms with Crippen molar-refractivity contribution in [3.63, 3.8) is 0 Å². The van der Waals surface area contributed by atoms with E-state index < -0.39 is 0 Å². The fourth-order valence-corrected chi connectivity index (χ4v) is 2.48. The average Bonchev–Trinajstić information content (AvgIpc) is 2.46. The second kappa shape index (κ2) is 7.33. The molecule has 0 bridgehead atoms. The highest BCUT2D eigenvalue weighted by atomic mass is 79.9. The molecule has 0 unspecified atom stereocenters. The zero-order valence-corrected chi connectivity index (χ0v) is 13.7. The van der Waals surface area contributed by atoms with Crippen molar-refractivity contribution >= 4 is 21.8 Å². The Morgan fingerprint density at radius 1 is 1.19 bits per heavy atom. The molecule has 0 aliphatic rings. The van der Waals surface area contributed by atoms with Gasteiger partial charge in [-0.1, -0.05) is 24.3 Å². The molecule has 4 nitrogen and oxygen atoms in total. The SMILES string of the molecule is CN(C)Cc1ccccc1CNC(=O)c1cccnc1Br. The first-order valence-corrected chi connectivity index (χ1v) is 7.47. The molecule has 21 heavy (non-hydrogen) atoms. The van der Waals surface area contributed by atoms with E-state index in [1.807, 2.05) is 32.3 Å². The fourth-order valence-electron chi connectivity index (χ4n) is 2.05. The number of hydrogen-bond donors (Lipinski definition) is 1. The van der Waals surface area contributed by atoms with Gasteiger partial charge in [-0.15, -0.1) is 0 Å². The minimum atomic E-state index is -0.130. The Morgan fingerprint density at radius 3 is 2.57 bits per heavy atom. The van der Waals surface area contributed by atoms with Gasteiger partial charge >= 0.3 is 0 Å². The average molecular weight is 348 g/mol. The van der Waals surface area contributed by atoms with Crippen molar-refractivity contribution < 1.29 is 4.79 Å². The van der Waals surface area contributed by atoms with Crippen molar-refractivity contribution in [2.75, 3.05) is 14.1 Å². The van der Waals surface area contributed by atoms with Crippen LogP contribution in [-0.2, 0) is 13.1 Å². The van der Waals surface area contributed by atoms with Crippen molar-refractivity contribution in [2.24, 2.45) is 0 Å². The van der Waals surface area contributed by atoms with Gasteiger partial charge in [0.05, 0.1) is 5.56 Å². The summed E-state index contributed by atoms with van der Waals surface area (Å²) in [6.45, 7) is 1.35. The number of carbonyl (C=O) groups is 1. The van der Waals surface area contributed by atoms with Gasteiger partial charge in [0.25, 0.3) is 5.91 Å². The van der Waals surface area contributed by atoms with Gasteiger partial charge in [-0.05, 0) is 53.3 Å². The third kappa shape index (κ3) is 4.37. The first-order valence-electron chi connectivity index (χ1n) is 6.68. The minimum absolute atomic E-state index is 0.130. The van der Waals surface area contributed by atoms with E-state index in [0.717, 1.165) is 12.1 Å². The van der Waals surface area contributed by atoms with Crippen LogP contribution >= 0.6 is 15.9 Å². The maximum absolute atomic E-state index is 12.2. The lowest BCUT2D eigenvalue weighted by Gasteiger charge is -2.14. The molecule has 2 rings (SSSR count). The Kier molecular flexibility index (Phi) is 5.47. The van der Waals surface area contributed by atoms with Crippen LogP contribution in [-0.4, -0.2) is 29.9 Å². The van der Waals surface area contributed by atoms with Crippen LogP contribution in [0.2, 0.25) is 0 Å².